The zero-order valence-corrected chi connectivity index (χ0v) is 22.2. The highest BCUT2D eigenvalue weighted by molar-refractivity contribution is 7.92. The van der Waals surface area contributed by atoms with Crippen molar-refractivity contribution in [1.29, 1.82) is 0 Å². The van der Waals surface area contributed by atoms with E-state index in [2.05, 4.69) is 10.0 Å². The van der Waals surface area contributed by atoms with Gasteiger partial charge in [0.1, 0.15) is 12.6 Å². The fourth-order valence-electron chi connectivity index (χ4n) is 4.52. The molecule has 0 saturated carbocycles. The number of carbonyl (C=O) groups is 2. The molecule has 1 aromatic heterocycles. The largest absolute Gasteiger partial charge is 0.480 e. The molecule has 0 bridgehead atoms. The van der Waals surface area contributed by atoms with Crippen LogP contribution in [0, 0.1) is 0 Å². The van der Waals surface area contributed by atoms with Crippen LogP contribution in [0.15, 0.2) is 120 Å². The SMILES string of the molecule is O=C(Cn1ccc2cc(NS(=O)(=O)c3ccc(-c4ccccc4)cc3)ccc21)N[C@@H](Cc1ccccc1)C(=O)O. The highest BCUT2D eigenvalue weighted by Gasteiger charge is 2.21. The lowest BCUT2D eigenvalue weighted by molar-refractivity contribution is -0.141. The van der Waals surface area contributed by atoms with Gasteiger partial charge in [0.15, 0.2) is 0 Å². The van der Waals surface area contributed by atoms with Gasteiger partial charge < -0.3 is 15.0 Å². The molecule has 0 radical (unpaired) electrons. The fraction of sp³-hybridized carbons (Fsp3) is 0.0968. The van der Waals surface area contributed by atoms with Gasteiger partial charge in [-0.15, -0.1) is 0 Å². The number of carboxylic acids is 1. The van der Waals surface area contributed by atoms with Gasteiger partial charge in [0.2, 0.25) is 5.91 Å². The average Bonchev–Trinajstić information content (AvgIpc) is 3.35. The average molecular weight is 554 g/mol. The molecule has 40 heavy (non-hydrogen) atoms. The number of fused-ring (bicyclic) bond motifs is 1. The first-order chi connectivity index (χ1) is 19.3. The van der Waals surface area contributed by atoms with Crippen LogP contribution in [0.5, 0.6) is 0 Å². The van der Waals surface area contributed by atoms with Gasteiger partial charge in [-0.1, -0.05) is 72.8 Å². The quantitative estimate of drug-likeness (QED) is 0.227. The minimum atomic E-state index is -3.82. The van der Waals surface area contributed by atoms with Crippen molar-refractivity contribution in [3.63, 3.8) is 0 Å². The molecule has 0 saturated heterocycles. The molecule has 0 aliphatic carbocycles. The number of hydrogen-bond acceptors (Lipinski definition) is 4. The van der Waals surface area contributed by atoms with E-state index in [-0.39, 0.29) is 17.9 Å². The second-order valence-electron chi connectivity index (χ2n) is 9.36. The van der Waals surface area contributed by atoms with Gasteiger partial charge in [-0.25, -0.2) is 13.2 Å². The lowest BCUT2D eigenvalue weighted by atomic mass is 10.1. The van der Waals surface area contributed by atoms with Crippen LogP contribution in [-0.2, 0) is 32.6 Å². The topological polar surface area (TPSA) is 118 Å². The highest BCUT2D eigenvalue weighted by Crippen LogP contribution is 2.25. The number of anilines is 1. The van der Waals surface area contributed by atoms with E-state index in [9.17, 15) is 23.1 Å². The normalized spacial score (nSPS) is 12.1. The molecule has 5 aromatic rings. The summed E-state index contributed by atoms with van der Waals surface area (Å²) < 4.78 is 30.3. The Bertz CT molecular complexity index is 1750. The first kappa shape index (κ1) is 26.7. The lowest BCUT2D eigenvalue weighted by Gasteiger charge is -2.15. The van der Waals surface area contributed by atoms with E-state index in [1.165, 1.54) is 0 Å². The molecule has 5 rings (SSSR count). The summed E-state index contributed by atoms with van der Waals surface area (Å²) in [4.78, 5) is 24.6. The van der Waals surface area contributed by atoms with Crippen molar-refractivity contribution in [3.05, 3.63) is 121 Å². The minimum Gasteiger partial charge on any atom is -0.480 e. The van der Waals surface area contributed by atoms with E-state index in [4.69, 9.17) is 0 Å². The van der Waals surface area contributed by atoms with Crippen molar-refractivity contribution < 1.29 is 23.1 Å². The molecule has 202 valence electrons. The summed E-state index contributed by atoms with van der Waals surface area (Å²) in [6.07, 6.45) is 1.88. The van der Waals surface area contributed by atoms with Crippen LogP contribution in [0.1, 0.15) is 5.56 Å². The van der Waals surface area contributed by atoms with Crippen LogP contribution in [0.2, 0.25) is 0 Å². The number of aromatic nitrogens is 1. The maximum absolute atomic E-state index is 13.0. The van der Waals surface area contributed by atoms with Gasteiger partial charge in [0, 0.05) is 29.2 Å². The van der Waals surface area contributed by atoms with Gasteiger partial charge in [-0.3, -0.25) is 9.52 Å². The Balaban J connectivity index is 1.26. The Hall–Kier alpha value is -4.89. The predicted molar refractivity (Wildman–Crippen MR) is 154 cm³/mol. The summed E-state index contributed by atoms with van der Waals surface area (Å²) in [6.45, 7) is -0.0824. The summed E-state index contributed by atoms with van der Waals surface area (Å²) >= 11 is 0. The summed E-state index contributed by atoms with van der Waals surface area (Å²) in [7, 11) is -3.82. The van der Waals surface area contributed by atoms with Gasteiger partial charge in [-0.05, 0) is 53.1 Å². The minimum absolute atomic E-state index is 0.0824. The first-order valence-corrected chi connectivity index (χ1v) is 14.1. The smallest absolute Gasteiger partial charge is 0.326 e. The molecule has 0 fully saturated rings. The van der Waals surface area contributed by atoms with Gasteiger partial charge in [-0.2, -0.15) is 0 Å². The summed E-state index contributed by atoms with van der Waals surface area (Å²) in [5.74, 6) is -1.55. The molecule has 0 spiro atoms. The second kappa shape index (κ2) is 11.5. The second-order valence-corrected chi connectivity index (χ2v) is 11.0. The van der Waals surface area contributed by atoms with Gasteiger partial charge in [0.25, 0.3) is 10.0 Å². The van der Waals surface area contributed by atoms with Crippen molar-refractivity contribution in [2.45, 2.75) is 23.9 Å². The molecule has 1 amide bonds. The van der Waals surface area contributed by atoms with E-state index in [0.717, 1.165) is 22.1 Å². The van der Waals surface area contributed by atoms with Gasteiger partial charge in [0.05, 0.1) is 4.90 Å². The van der Waals surface area contributed by atoms with E-state index in [1.54, 1.807) is 59.3 Å². The number of nitrogens with zero attached hydrogens (tertiary/aromatic N) is 1. The van der Waals surface area contributed by atoms with Crippen molar-refractivity contribution in [3.8, 4) is 11.1 Å². The molecule has 0 aliphatic heterocycles. The van der Waals surface area contributed by atoms with Crippen LogP contribution in [0.3, 0.4) is 0 Å². The van der Waals surface area contributed by atoms with Crippen LogP contribution >= 0.6 is 0 Å². The number of rotatable bonds is 10. The number of benzene rings is 4. The molecule has 1 atom stereocenters. The number of nitrogens with one attached hydrogen (secondary N) is 2. The third-order valence-electron chi connectivity index (χ3n) is 6.52. The zero-order valence-electron chi connectivity index (χ0n) is 21.4. The van der Waals surface area contributed by atoms with Crippen LogP contribution in [-0.4, -0.2) is 36.0 Å². The number of hydrogen-bond donors (Lipinski definition) is 3. The Morgan fingerprint density at radius 2 is 1.45 bits per heavy atom. The van der Waals surface area contributed by atoms with Crippen LogP contribution in [0.4, 0.5) is 5.69 Å². The number of amides is 1. The van der Waals surface area contributed by atoms with Crippen molar-refractivity contribution in [1.82, 2.24) is 9.88 Å². The Morgan fingerprint density at radius 1 is 0.800 bits per heavy atom. The summed E-state index contributed by atoms with van der Waals surface area (Å²) in [5, 5.41) is 12.9. The molecule has 8 nitrogen and oxygen atoms in total. The monoisotopic (exact) mass is 553 g/mol. The molecule has 0 aliphatic rings. The maximum Gasteiger partial charge on any atom is 0.326 e. The third-order valence-corrected chi connectivity index (χ3v) is 7.92. The predicted octanol–water partition coefficient (Wildman–Crippen LogP) is 4.92. The molecule has 1 heterocycles. The van der Waals surface area contributed by atoms with Crippen molar-refractivity contribution >= 4 is 38.5 Å². The molecular weight excluding hydrogens is 526 g/mol. The number of carbonyl (C=O) groups excluding carboxylic acids is 1. The van der Waals surface area contributed by atoms with Gasteiger partial charge >= 0.3 is 5.97 Å². The van der Waals surface area contributed by atoms with E-state index in [1.807, 2.05) is 60.7 Å². The zero-order chi connectivity index (χ0) is 28.1. The van der Waals surface area contributed by atoms with Crippen molar-refractivity contribution in [2.75, 3.05) is 4.72 Å². The number of sulfonamides is 1. The van der Waals surface area contributed by atoms with E-state index in [0.29, 0.717) is 11.2 Å². The van der Waals surface area contributed by atoms with Crippen LogP contribution in [0.25, 0.3) is 22.0 Å². The third kappa shape index (κ3) is 6.22. The standard InChI is InChI=1S/C31H27N3O5S/c35-30(32-28(31(36)37)19-22-7-3-1-4-8-22)21-34-18-17-25-20-26(13-16-29(25)34)33-40(38,39)27-14-11-24(12-15-27)23-9-5-2-6-10-23/h1-18,20,28,33H,19,21H2,(H,32,35)(H,36,37)/t28-/m0/s1. The summed E-state index contributed by atoms with van der Waals surface area (Å²) in [5.41, 5.74) is 3.82. The van der Waals surface area contributed by atoms with Crippen molar-refractivity contribution in [2.24, 2.45) is 0 Å². The van der Waals surface area contributed by atoms with E-state index < -0.39 is 27.9 Å². The maximum atomic E-state index is 13.0. The number of aliphatic carboxylic acids is 1. The molecule has 9 heteroatoms. The highest BCUT2D eigenvalue weighted by atomic mass is 32.2. The first-order valence-electron chi connectivity index (χ1n) is 12.6. The van der Waals surface area contributed by atoms with E-state index >= 15 is 0 Å². The molecule has 0 unspecified atom stereocenters. The number of carboxylic acid groups (broad SMARTS) is 1. The van der Waals surface area contributed by atoms with Crippen LogP contribution < -0.4 is 10.0 Å². The fourth-order valence-corrected chi connectivity index (χ4v) is 5.57. The Kier molecular flexibility index (Phi) is 7.65. The molecular formula is C31H27N3O5S. The molecule has 4 aromatic carbocycles. The lowest BCUT2D eigenvalue weighted by Crippen LogP contribution is -2.43. The Morgan fingerprint density at radius 3 is 2.12 bits per heavy atom. The summed E-state index contributed by atoms with van der Waals surface area (Å²) in [6, 6.07) is 31.2. The molecule has 3 N–H and O–H groups in total. The Labute approximate surface area is 232 Å².